The molecule has 3 nitrogen and oxygen atoms in total. The number of halogens is 2. The molecule has 0 aromatic heterocycles. The SMILES string of the molecule is CN(C)c1ccc(Cl)cc1NC(=O)c1cccc(CCl)c1. The van der Waals surface area contributed by atoms with Gasteiger partial charge in [0.25, 0.3) is 5.91 Å². The zero-order valence-electron chi connectivity index (χ0n) is 11.9. The number of amides is 1. The molecular weight excluding hydrogens is 307 g/mol. The molecule has 5 heteroatoms. The second-order valence-corrected chi connectivity index (χ2v) is 5.55. The van der Waals surface area contributed by atoms with Gasteiger partial charge in [-0.15, -0.1) is 11.6 Å². The van der Waals surface area contributed by atoms with Gasteiger partial charge in [0.15, 0.2) is 0 Å². The van der Waals surface area contributed by atoms with Crippen LogP contribution in [-0.2, 0) is 5.88 Å². The summed E-state index contributed by atoms with van der Waals surface area (Å²) in [6.45, 7) is 0. The summed E-state index contributed by atoms with van der Waals surface area (Å²) in [5, 5.41) is 3.47. The van der Waals surface area contributed by atoms with Crippen molar-refractivity contribution >= 4 is 40.5 Å². The molecule has 0 saturated carbocycles. The Morgan fingerprint density at radius 3 is 2.62 bits per heavy atom. The number of carbonyl (C=O) groups is 1. The van der Waals surface area contributed by atoms with Crippen molar-refractivity contribution in [2.75, 3.05) is 24.3 Å². The zero-order chi connectivity index (χ0) is 15.4. The minimum atomic E-state index is -0.188. The Kier molecular flexibility index (Phi) is 5.10. The fourth-order valence-electron chi connectivity index (χ4n) is 1.99. The van der Waals surface area contributed by atoms with Crippen LogP contribution in [0.1, 0.15) is 15.9 Å². The quantitative estimate of drug-likeness (QED) is 0.846. The number of hydrogen-bond acceptors (Lipinski definition) is 2. The summed E-state index contributed by atoms with van der Waals surface area (Å²) >= 11 is 11.8. The first-order chi connectivity index (χ1) is 10.0. The number of anilines is 2. The average Bonchev–Trinajstić information content (AvgIpc) is 2.47. The summed E-state index contributed by atoms with van der Waals surface area (Å²) in [6.07, 6.45) is 0. The van der Waals surface area contributed by atoms with E-state index in [1.807, 2.05) is 37.2 Å². The van der Waals surface area contributed by atoms with Crippen molar-refractivity contribution < 1.29 is 4.79 Å². The van der Waals surface area contributed by atoms with Crippen molar-refractivity contribution in [3.05, 3.63) is 58.6 Å². The highest BCUT2D eigenvalue weighted by Gasteiger charge is 2.11. The predicted octanol–water partition coefficient (Wildman–Crippen LogP) is 4.40. The Labute approximate surface area is 134 Å². The van der Waals surface area contributed by atoms with Gasteiger partial charge in [-0.1, -0.05) is 23.7 Å². The van der Waals surface area contributed by atoms with Crippen molar-refractivity contribution in [3.8, 4) is 0 Å². The van der Waals surface area contributed by atoms with Crippen molar-refractivity contribution in [3.63, 3.8) is 0 Å². The van der Waals surface area contributed by atoms with Crippen LogP contribution in [0.3, 0.4) is 0 Å². The lowest BCUT2D eigenvalue weighted by molar-refractivity contribution is 0.102. The van der Waals surface area contributed by atoms with Gasteiger partial charge in [0.1, 0.15) is 0 Å². The van der Waals surface area contributed by atoms with Crippen LogP contribution in [0.4, 0.5) is 11.4 Å². The lowest BCUT2D eigenvalue weighted by Gasteiger charge is -2.18. The summed E-state index contributed by atoms with van der Waals surface area (Å²) in [5.41, 5.74) is 3.04. The number of hydrogen-bond donors (Lipinski definition) is 1. The van der Waals surface area contributed by atoms with Gasteiger partial charge in [0.2, 0.25) is 0 Å². The third-order valence-electron chi connectivity index (χ3n) is 3.03. The maximum atomic E-state index is 12.4. The molecule has 0 fully saturated rings. The first kappa shape index (κ1) is 15.7. The van der Waals surface area contributed by atoms with E-state index < -0.39 is 0 Å². The average molecular weight is 323 g/mol. The molecule has 21 heavy (non-hydrogen) atoms. The number of alkyl halides is 1. The number of nitrogens with one attached hydrogen (secondary N) is 1. The van der Waals surface area contributed by atoms with Gasteiger partial charge in [-0.05, 0) is 35.9 Å². The molecule has 2 aromatic rings. The molecule has 0 atom stereocenters. The molecular formula is C16H16Cl2N2O. The molecule has 2 rings (SSSR count). The zero-order valence-corrected chi connectivity index (χ0v) is 13.4. The van der Waals surface area contributed by atoms with Crippen LogP contribution in [0.5, 0.6) is 0 Å². The third-order valence-corrected chi connectivity index (χ3v) is 3.58. The minimum absolute atomic E-state index is 0.188. The topological polar surface area (TPSA) is 32.3 Å². The summed E-state index contributed by atoms with van der Waals surface area (Å²) in [6, 6.07) is 12.6. The van der Waals surface area contributed by atoms with E-state index in [1.54, 1.807) is 24.3 Å². The first-order valence-electron chi connectivity index (χ1n) is 6.44. The number of nitrogens with zero attached hydrogens (tertiary/aromatic N) is 1. The summed E-state index contributed by atoms with van der Waals surface area (Å²) in [5.74, 6) is 0.189. The molecule has 0 bridgehead atoms. The van der Waals surface area contributed by atoms with Crippen molar-refractivity contribution in [1.82, 2.24) is 0 Å². The lowest BCUT2D eigenvalue weighted by atomic mass is 10.1. The van der Waals surface area contributed by atoms with Crippen molar-refractivity contribution in [1.29, 1.82) is 0 Å². The van der Waals surface area contributed by atoms with E-state index >= 15 is 0 Å². The predicted molar refractivity (Wildman–Crippen MR) is 89.7 cm³/mol. The smallest absolute Gasteiger partial charge is 0.255 e. The van der Waals surface area contributed by atoms with Gasteiger partial charge in [0.05, 0.1) is 11.4 Å². The largest absolute Gasteiger partial charge is 0.376 e. The summed E-state index contributed by atoms with van der Waals surface area (Å²) < 4.78 is 0. The van der Waals surface area contributed by atoms with Crippen LogP contribution in [0.25, 0.3) is 0 Å². The Bertz CT molecular complexity index is 656. The standard InChI is InChI=1S/C16H16Cl2N2O/c1-20(2)15-7-6-13(18)9-14(15)19-16(21)12-5-3-4-11(8-12)10-17/h3-9H,10H2,1-2H3,(H,19,21). The van der Waals surface area contributed by atoms with E-state index in [1.165, 1.54) is 0 Å². The van der Waals surface area contributed by atoms with Gasteiger partial charge in [0, 0.05) is 30.6 Å². The fourth-order valence-corrected chi connectivity index (χ4v) is 2.33. The lowest BCUT2D eigenvalue weighted by Crippen LogP contribution is -2.16. The molecule has 1 amide bonds. The van der Waals surface area contributed by atoms with Crippen molar-refractivity contribution in [2.24, 2.45) is 0 Å². The summed E-state index contributed by atoms with van der Waals surface area (Å²) in [4.78, 5) is 14.3. The number of carbonyl (C=O) groups excluding carboxylic acids is 1. The Balaban J connectivity index is 2.28. The molecule has 2 aromatic carbocycles. The van der Waals surface area contributed by atoms with Gasteiger partial charge in [-0.2, -0.15) is 0 Å². The van der Waals surface area contributed by atoms with Gasteiger partial charge < -0.3 is 10.2 Å². The molecule has 0 aliphatic heterocycles. The van der Waals surface area contributed by atoms with Crippen LogP contribution in [0.2, 0.25) is 5.02 Å². The molecule has 1 N–H and O–H groups in total. The first-order valence-corrected chi connectivity index (χ1v) is 7.35. The van der Waals surface area contributed by atoms with Gasteiger partial charge in [-0.3, -0.25) is 4.79 Å². The third kappa shape index (κ3) is 3.90. The maximum absolute atomic E-state index is 12.4. The highest BCUT2D eigenvalue weighted by atomic mass is 35.5. The Hall–Kier alpha value is -1.71. The molecule has 0 heterocycles. The van der Waals surface area contributed by atoms with E-state index in [9.17, 15) is 4.79 Å². The number of rotatable bonds is 4. The second kappa shape index (κ2) is 6.83. The normalized spacial score (nSPS) is 10.3. The van der Waals surface area contributed by atoms with Crippen LogP contribution in [0.15, 0.2) is 42.5 Å². The molecule has 110 valence electrons. The van der Waals surface area contributed by atoms with Crippen molar-refractivity contribution in [2.45, 2.75) is 5.88 Å². The second-order valence-electron chi connectivity index (χ2n) is 4.84. The summed E-state index contributed by atoms with van der Waals surface area (Å²) in [7, 11) is 3.82. The van der Waals surface area contributed by atoms with Gasteiger partial charge >= 0.3 is 0 Å². The van der Waals surface area contributed by atoms with Crippen LogP contribution >= 0.6 is 23.2 Å². The van der Waals surface area contributed by atoms with Gasteiger partial charge in [-0.25, -0.2) is 0 Å². The molecule has 0 aliphatic carbocycles. The molecule has 0 saturated heterocycles. The fraction of sp³-hybridized carbons (Fsp3) is 0.188. The van der Waals surface area contributed by atoms with E-state index in [-0.39, 0.29) is 5.91 Å². The monoisotopic (exact) mass is 322 g/mol. The molecule has 0 aliphatic rings. The van der Waals surface area contributed by atoms with Crippen LogP contribution in [0, 0.1) is 0 Å². The molecule has 0 radical (unpaired) electrons. The highest BCUT2D eigenvalue weighted by Crippen LogP contribution is 2.28. The van der Waals surface area contributed by atoms with Crippen LogP contribution in [-0.4, -0.2) is 20.0 Å². The Morgan fingerprint density at radius 2 is 1.95 bits per heavy atom. The highest BCUT2D eigenvalue weighted by molar-refractivity contribution is 6.31. The van der Waals surface area contributed by atoms with E-state index in [0.717, 1.165) is 11.3 Å². The van der Waals surface area contributed by atoms with E-state index in [0.29, 0.717) is 22.2 Å². The van der Waals surface area contributed by atoms with Crippen LogP contribution < -0.4 is 10.2 Å². The number of benzene rings is 2. The van der Waals surface area contributed by atoms with E-state index in [2.05, 4.69) is 5.32 Å². The molecule has 0 unspecified atom stereocenters. The molecule has 0 spiro atoms. The maximum Gasteiger partial charge on any atom is 0.255 e. The van der Waals surface area contributed by atoms with E-state index in [4.69, 9.17) is 23.2 Å². The minimum Gasteiger partial charge on any atom is -0.376 e. The Morgan fingerprint density at radius 1 is 1.19 bits per heavy atom.